The number of methoxy groups -OCH3 is 2. The fourth-order valence-electron chi connectivity index (χ4n) is 2.57. The largest absolute Gasteiger partial charge is 0.497 e. The Kier molecular flexibility index (Phi) is 4.43. The van der Waals surface area contributed by atoms with Gasteiger partial charge < -0.3 is 14.6 Å². The van der Waals surface area contributed by atoms with Crippen LogP contribution in [0.4, 0.5) is 0 Å². The van der Waals surface area contributed by atoms with Crippen molar-refractivity contribution < 1.29 is 19.4 Å². The van der Waals surface area contributed by atoms with Crippen molar-refractivity contribution in [1.82, 2.24) is 0 Å². The molecule has 0 bridgehead atoms. The van der Waals surface area contributed by atoms with Crippen LogP contribution < -0.4 is 4.74 Å². The lowest BCUT2D eigenvalue weighted by Crippen LogP contribution is -2.11. The van der Waals surface area contributed by atoms with Gasteiger partial charge in [0.25, 0.3) is 0 Å². The predicted molar refractivity (Wildman–Crippen MR) is 71.4 cm³/mol. The topological polar surface area (TPSA) is 55.8 Å². The summed E-state index contributed by atoms with van der Waals surface area (Å²) < 4.78 is 10.4. The molecule has 1 aromatic carbocycles. The van der Waals surface area contributed by atoms with E-state index in [0.717, 1.165) is 29.7 Å². The van der Waals surface area contributed by atoms with Crippen LogP contribution in [0.3, 0.4) is 0 Å². The predicted octanol–water partition coefficient (Wildman–Crippen LogP) is 2.81. The summed E-state index contributed by atoms with van der Waals surface area (Å²) in [4.78, 5) is 11.1. The van der Waals surface area contributed by atoms with E-state index < -0.39 is 5.97 Å². The summed E-state index contributed by atoms with van der Waals surface area (Å²) in [6, 6.07) is 5.82. The number of hydrogen-bond acceptors (Lipinski definition) is 3. The average Bonchev–Trinajstić information content (AvgIpc) is 3.20. The van der Waals surface area contributed by atoms with Gasteiger partial charge in [-0.1, -0.05) is 6.07 Å². The first kappa shape index (κ1) is 13.9. The van der Waals surface area contributed by atoms with Crippen molar-refractivity contribution in [2.75, 3.05) is 14.2 Å². The summed E-state index contributed by atoms with van der Waals surface area (Å²) in [6.45, 7) is 0.482. The first-order chi connectivity index (χ1) is 9.15. The second-order valence-electron chi connectivity index (χ2n) is 5.04. The van der Waals surface area contributed by atoms with Crippen molar-refractivity contribution in [3.05, 3.63) is 29.3 Å². The molecule has 1 aromatic rings. The van der Waals surface area contributed by atoms with Crippen LogP contribution in [0.1, 0.15) is 36.3 Å². The summed E-state index contributed by atoms with van der Waals surface area (Å²) in [7, 11) is 3.27. The van der Waals surface area contributed by atoms with Gasteiger partial charge >= 0.3 is 5.97 Å². The highest BCUT2D eigenvalue weighted by atomic mass is 16.5. The highest BCUT2D eigenvalue weighted by Crippen LogP contribution is 2.45. The molecule has 0 aliphatic heterocycles. The second kappa shape index (κ2) is 6.06. The maximum Gasteiger partial charge on any atom is 0.303 e. The Morgan fingerprint density at radius 3 is 2.68 bits per heavy atom. The minimum absolute atomic E-state index is 0.0913. The minimum atomic E-state index is -0.740. The Morgan fingerprint density at radius 1 is 1.42 bits per heavy atom. The third-order valence-electron chi connectivity index (χ3n) is 3.64. The van der Waals surface area contributed by atoms with Gasteiger partial charge in [-0.25, -0.2) is 0 Å². The van der Waals surface area contributed by atoms with Gasteiger partial charge in [0, 0.05) is 7.11 Å². The van der Waals surface area contributed by atoms with E-state index in [9.17, 15) is 4.79 Å². The third kappa shape index (κ3) is 3.47. The number of ether oxygens (including phenoxy) is 2. The quantitative estimate of drug-likeness (QED) is 0.822. The fourth-order valence-corrected chi connectivity index (χ4v) is 2.57. The van der Waals surface area contributed by atoms with Gasteiger partial charge in [0.15, 0.2) is 0 Å². The van der Waals surface area contributed by atoms with Gasteiger partial charge in [0.05, 0.1) is 20.1 Å². The summed E-state index contributed by atoms with van der Waals surface area (Å²) in [5, 5.41) is 9.09. The Labute approximate surface area is 113 Å². The molecule has 1 fully saturated rings. The van der Waals surface area contributed by atoms with Crippen molar-refractivity contribution in [3.8, 4) is 5.75 Å². The third-order valence-corrected chi connectivity index (χ3v) is 3.64. The standard InChI is InChI=1S/C15H20O4/c1-18-9-11-7-12(19-2)5-6-13(11)14(8-15(16)17)10-3-4-10/h5-7,10,14H,3-4,8-9H2,1-2H3,(H,16,17). The molecule has 0 aromatic heterocycles. The lowest BCUT2D eigenvalue weighted by atomic mass is 9.87. The average molecular weight is 264 g/mol. The number of rotatable bonds is 7. The van der Waals surface area contributed by atoms with Crippen LogP contribution in [0, 0.1) is 5.92 Å². The van der Waals surface area contributed by atoms with E-state index in [0.29, 0.717) is 12.5 Å². The molecule has 1 aliphatic rings. The van der Waals surface area contributed by atoms with Gasteiger partial charge in [-0.15, -0.1) is 0 Å². The molecular formula is C15H20O4. The Hall–Kier alpha value is -1.55. The smallest absolute Gasteiger partial charge is 0.303 e. The van der Waals surface area contributed by atoms with Gasteiger partial charge in [-0.05, 0) is 47.9 Å². The van der Waals surface area contributed by atoms with E-state index in [1.165, 1.54) is 0 Å². The summed E-state index contributed by atoms with van der Waals surface area (Å²) in [5.41, 5.74) is 2.12. The highest BCUT2D eigenvalue weighted by Gasteiger charge is 2.34. The first-order valence-electron chi connectivity index (χ1n) is 6.53. The lowest BCUT2D eigenvalue weighted by molar-refractivity contribution is -0.137. The molecule has 0 saturated heterocycles. The van der Waals surface area contributed by atoms with E-state index in [1.54, 1.807) is 14.2 Å². The number of benzene rings is 1. The van der Waals surface area contributed by atoms with Crippen LogP contribution in [0.25, 0.3) is 0 Å². The molecular weight excluding hydrogens is 244 g/mol. The zero-order chi connectivity index (χ0) is 13.8. The minimum Gasteiger partial charge on any atom is -0.497 e. The summed E-state index contributed by atoms with van der Waals surface area (Å²) in [6.07, 6.45) is 2.43. The molecule has 0 heterocycles. The zero-order valence-corrected chi connectivity index (χ0v) is 11.4. The molecule has 1 aliphatic carbocycles. The van der Waals surface area contributed by atoms with E-state index in [2.05, 4.69) is 0 Å². The van der Waals surface area contributed by atoms with E-state index >= 15 is 0 Å². The molecule has 0 radical (unpaired) electrons. The van der Waals surface area contributed by atoms with E-state index in [1.807, 2.05) is 18.2 Å². The molecule has 4 nitrogen and oxygen atoms in total. The summed E-state index contributed by atoms with van der Waals surface area (Å²) >= 11 is 0. The van der Waals surface area contributed by atoms with E-state index in [-0.39, 0.29) is 12.3 Å². The maximum atomic E-state index is 11.1. The normalized spacial score (nSPS) is 16.1. The SMILES string of the molecule is COCc1cc(OC)ccc1C(CC(=O)O)C1CC1. The van der Waals surface area contributed by atoms with Gasteiger partial charge in [-0.2, -0.15) is 0 Å². The van der Waals surface area contributed by atoms with Crippen LogP contribution in [-0.2, 0) is 16.1 Å². The van der Waals surface area contributed by atoms with Crippen LogP contribution >= 0.6 is 0 Å². The first-order valence-corrected chi connectivity index (χ1v) is 6.53. The van der Waals surface area contributed by atoms with Crippen molar-refractivity contribution in [2.24, 2.45) is 5.92 Å². The van der Waals surface area contributed by atoms with Crippen molar-refractivity contribution in [3.63, 3.8) is 0 Å². The molecule has 1 unspecified atom stereocenters. The van der Waals surface area contributed by atoms with Gasteiger partial charge in [-0.3, -0.25) is 4.79 Å². The Morgan fingerprint density at radius 2 is 2.16 bits per heavy atom. The van der Waals surface area contributed by atoms with Crippen molar-refractivity contribution in [1.29, 1.82) is 0 Å². The van der Waals surface area contributed by atoms with Crippen LogP contribution in [0.15, 0.2) is 18.2 Å². The molecule has 0 amide bonds. The molecule has 1 saturated carbocycles. The molecule has 1 atom stereocenters. The number of carboxylic acid groups (broad SMARTS) is 1. The lowest BCUT2D eigenvalue weighted by Gasteiger charge is -2.19. The molecule has 4 heteroatoms. The number of carbonyl (C=O) groups is 1. The number of hydrogen-bond donors (Lipinski definition) is 1. The zero-order valence-electron chi connectivity index (χ0n) is 11.4. The van der Waals surface area contributed by atoms with Crippen molar-refractivity contribution >= 4 is 5.97 Å². The van der Waals surface area contributed by atoms with Gasteiger partial charge in [0.1, 0.15) is 5.75 Å². The molecule has 1 N–H and O–H groups in total. The highest BCUT2D eigenvalue weighted by molar-refractivity contribution is 5.68. The van der Waals surface area contributed by atoms with Crippen LogP contribution in [0.2, 0.25) is 0 Å². The van der Waals surface area contributed by atoms with Crippen LogP contribution in [0.5, 0.6) is 5.75 Å². The van der Waals surface area contributed by atoms with Gasteiger partial charge in [0.2, 0.25) is 0 Å². The van der Waals surface area contributed by atoms with Crippen LogP contribution in [-0.4, -0.2) is 25.3 Å². The Balaban J connectivity index is 2.31. The second-order valence-corrected chi connectivity index (χ2v) is 5.04. The molecule has 0 spiro atoms. The number of aliphatic carboxylic acids is 1. The summed E-state index contributed by atoms with van der Waals surface area (Å²) in [5.74, 6) is 0.630. The molecule has 2 rings (SSSR count). The van der Waals surface area contributed by atoms with Crippen molar-refractivity contribution in [2.45, 2.75) is 31.8 Å². The molecule has 104 valence electrons. The van der Waals surface area contributed by atoms with E-state index in [4.69, 9.17) is 14.6 Å². The monoisotopic (exact) mass is 264 g/mol. The Bertz CT molecular complexity index is 451. The molecule has 19 heavy (non-hydrogen) atoms. The maximum absolute atomic E-state index is 11.1. The number of carboxylic acids is 1. The fraction of sp³-hybridized carbons (Fsp3) is 0.533.